The van der Waals surface area contributed by atoms with Crippen molar-refractivity contribution in [3.8, 4) is 0 Å². The zero-order valence-electron chi connectivity index (χ0n) is 13.5. The van der Waals surface area contributed by atoms with E-state index >= 15 is 0 Å². The minimum Gasteiger partial charge on any atom is -0.451 e. The van der Waals surface area contributed by atoms with Crippen LogP contribution in [0.1, 0.15) is 26.3 Å². The van der Waals surface area contributed by atoms with Crippen LogP contribution in [0.2, 0.25) is 0 Å². The van der Waals surface area contributed by atoms with Gasteiger partial charge in [-0.1, -0.05) is 12.1 Å². The van der Waals surface area contributed by atoms with E-state index in [4.69, 9.17) is 4.42 Å². The first kappa shape index (κ1) is 16.5. The van der Waals surface area contributed by atoms with Gasteiger partial charge in [0.05, 0.1) is 4.58 Å². The summed E-state index contributed by atoms with van der Waals surface area (Å²) in [5, 5.41) is 3.52. The van der Waals surface area contributed by atoms with Crippen LogP contribution in [0, 0.1) is 12.7 Å². The number of benzene rings is 2. The van der Waals surface area contributed by atoms with Crippen LogP contribution in [0.15, 0.2) is 46.9 Å². The van der Waals surface area contributed by atoms with Crippen molar-refractivity contribution in [2.24, 2.45) is 0 Å². The Balaban J connectivity index is 1.60. The summed E-state index contributed by atoms with van der Waals surface area (Å²) in [5.41, 5.74) is 3.09. The Bertz CT molecular complexity index is 948. The van der Waals surface area contributed by atoms with Gasteiger partial charge in [0.1, 0.15) is 11.4 Å². The minimum atomic E-state index is -0.345. The first-order chi connectivity index (χ1) is 12.1. The van der Waals surface area contributed by atoms with Gasteiger partial charge in [-0.15, -0.1) is 23.5 Å². The number of hydrogen-bond acceptors (Lipinski definition) is 4. The second-order valence-electron chi connectivity index (χ2n) is 5.85. The fourth-order valence-corrected chi connectivity index (χ4v) is 5.75. The number of carbonyl (C=O) groups is 1. The summed E-state index contributed by atoms with van der Waals surface area (Å²) < 4.78 is 19.5. The van der Waals surface area contributed by atoms with E-state index in [1.807, 2.05) is 41.7 Å². The average Bonchev–Trinajstić information content (AvgIpc) is 3.24. The second-order valence-corrected chi connectivity index (χ2v) is 8.57. The van der Waals surface area contributed by atoms with Crippen LogP contribution >= 0.6 is 23.5 Å². The molecule has 3 aromatic rings. The largest absolute Gasteiger partial charge is 0.451 e. The SMILES string of the molecule is Cc1c(C(=O)Nc2cccc(C3SCCS3)c2)oc2ccc(F)cc12. The number of furan rings is 1. The molecule has 0 bridgehead atoms. The maximum Gasteiger partial charge on any atom is 0.291 e. The summed E-state index contributed by atoms with van der Waals surface area (Å²) in [5.74, 6) is 1.86. The molecule has 0 aliphatic carbocycles. The van der Waals surface area contributed by atoms with Crippen molar-refractivity contribution in [1.29, 1.82) is 0 Å². The highest BCUT2D eigenvalue weighted by atomic mass is 32.2. The molecule has 1 aromatic heterocycles. The van der Waals surface area contributed by atoms with Gasteiger partial charge in [0.15, 0.2) is 5.76 Å². The number of carbonyl (C=O) groups excluding carboxylic acids is 1. The van der Waals surface area contributed by atoms with Crippen LogP contribution < -0.4 is 5.32 Å². The van der Waals surface area contributed by atoms with Gasteiger partial charge in [-0.25, -0.2) is 4.39 Å². The Morgan fingerprint density at radius 2 is 2.00 bits per heavy atom. The maximum absolute atomic E-state index is 13.4. The van der Waals surface area contributed by atoms with Crippen molar-refractivity contribution >= 4 is 46.1 Å². The van der Waals surface area contributed by atoms with Crippen LogP contribution in [0.4, 0.5) is 10.1 Å². The summed E-state index contributed by atoms with van der Waals surface area (Å²) in [6, 6.07) is 12.2. The Kier molecular flexibility index (Phi) is 4.48. The monoisotopic (exact) mass is 373 g/mol. The standard InChI is InChI=1S/C19H16FNO2S2/c1-11-15-10-13(20)5-6-16(15)23-17(11)18(22)21-14-4-2-3-12(9-14)19-24-7-8-25-19/h2-6,9-10,19H,7-8H2,1H3,(H,21,22). The smallest absolute Gasteiger partial charge is 0.291 e. The third kappa shape index (κ3) is 3.28. The molecule has 1 aliphatic rings. The molecule has 0 saturated carbocycles. The molecule has 1 N–H and O–H groups in total. The molecule has 1 aliphatic heterocycles. The summed E-state index contributed by atoms with van der Waals surface area (Å²) in [7, 11) is 0. The van der Waals surface area contributed by atoms with E-state index in [0.717, 1.165) is 17.2 Å². The number of thioether (sulfide) groups is 2. The van der Waals surface area contributed by atoms with E-state index in [0.29, 0.717) is 21.1 Å². The van der Waals surface area contributed by atoms with Crippen molar-refractivity contribution in [1.82, 2.24) is 0 Å². The van der Waals surface area contributed by atoms with Gasteiger partial charge in [-0.3, -0.25) is 4.79 Å². The molecule has 0 atom stereocenters. The first-order valence-electron chi connectivity index (χ1n) is 7.95. The van der Waals surface area contributed by atoms with E-state index < -0.39 is 0 Å². The van der Waals surface area contributed by atoms with Gasteiger partial charge in [0, 0.05) is 28.1 Å². The molecule has 128 valence electrons. The summed E-state index contributed by atoms with van der Waals surface area (Å²) >= 11 is 3.84. The quantitative estimate of drug-likeness (QED) is 0.648. The number of anilines is 1. The number of aryl methyl sites for hydroxylation is 1. The second kappa shape index (κ2) is 6.77. The molecule has 0 radical (unpaired) electrons. The van der Waals surface area contributed by atoms with Gasteiger partial charge < -0.3 is 9.73 Å². The minimum absolute atomic E-state index is 0.218. The third-order valence-corrected chi connectivity index (χ3v) is 7.25. The maximum atomic E-state index is 13.4. The van der Waals surface area contributed by atoms with Crippen LogP contribution in [0.25, 0.3) is 11.0 Å². The van der Waals surface area contributed by atoms with Crippen LogP contribution in [-0.4, -0.2) is 17.4 Å². The summed E-state index contributed by atoms with van der Waals surface area (Å²) in [6.45, 7) is 1.77. The number of hydrogen-bond donors (Lipinski definition) is 1. The molecule has 1 fully saturated rings. The van der Waals surface area contributed by atoms with Gasteiger partial charge in [-0.05, 0) is 42.8 Å². The van der Waals surface area contributed by atoms with Crippen molar-refractivity contribution in [3.63, 3.8) is 0 Å². The van der Waals surface area contributed by atoms with Crippen LogP contribution in [0.3, 0.4) is 0 Å². The van der Waals surface area contributed by atoms with Crippen molar-refractivity contribution in [2.75, 3.05) is 16.8 Å². The Morgan fingerprint density at radius 3 is 2.80 bits per heavy atom. The molecule has 2 aromatic carbocycles. The molecule has 0 unspecified atom stereocenters. The summed E-state index contributed by atoms with van der Waals surface area (Å²) in [4.78, 5) is 12.6. The molecule has 3 nitrogen and oxygen atoms in total. The lowest BCUT2D eigenvalue weighted by Gasteiger charge is -2.10. The predicted molar refractivity (Wildman–Crippen MR) is 103 cm³/mol. The topological polar surface area (TPSA) is 42.2 Å². The number of amides is 1. The normalized spacial score (nSPS) is 15.0. The van der Waals surface area contributed by atoms with Crippen molar-refractivity contribution in [3.05, 3.63) is 65.2 Å². The molecular weight excluding hydrogens is 357 g/mol. The Hall–Kier alpha value is -1.92. The molecule has 25 heavy (non-hydrogen) atoms. The van der Waals surface area contributed by atoms with E-state index in [1.54, 1.807) is 13.0 Å². The molecule has 4 rings (SSSR count). The molecule has 1 saturated heterocycles. The number of rotatable bonds is 3. The van der Waals surface area contributed by atoms with Crippen molar-refractivity contribution in [2.45, 2.75) is 11.5 Å². The van der Waals surface area contributed by atoms with Gasteiger partial charge >= 0.3 is 0 Å². The van der Waals surface area contributed by atoms with E-state index in [2.05, 4.69) is 11.4 Å². The lowest BCUT2D eigenvalue weighted by atomic mass is 10.1. The van der Waals surface area contributed by atoms with E-state index in [9.17, 15) is 9.18 Å². The molecular formula is C19H16FNO2S2. The molecule has 6 heteroatoms. The highest BCUT2D eigenvalue weighted by Gasteiger charge is 2.20. The van der Waals surface area contributed by atoms with Gasteiger partial charge in [-0.2, -0.15) is 0 Å². The van der Waals surface area contributed by atoms with Crippen molar-refractivity contribution < 1.29 is 13.6 Å². The zero-order valence-corrected chi connectivity index (χ0v) is 15.2. The molecule has 0 spiro atoms. The lowest BCUT2D eigenvalue weighted by Crippen LogP contribution is -2.12. The van der Waals surface area contributed by atoms with E-state index in [1.165, 1.54) is 17.7 Å². The fourth-order valence-electron chi connectivity index (χ4n) is 2.91. The van der Waals surface area contributed by atoms with Crippen LogP contribution in [0.5, 0.6) is 0 Å². The predicted octanol–water partition coefficient (Wildman–Crippen LogP) is 5.61. The lowest BCUT2D eigenvalue weighted by molar-refractivity contribution is 0.0998. The highest BCUT2D eigenvalue weighted by Crippen LogP contribution is 2.45. The molecule has 2 heterocycles. The summed E-state index contributed by atoms with van der Waals surface area (Å²) in [6.07, 6.45) is 0. The number of fused-ring (bicyclic) bond motifs is 1. The zero-order chi connectivity index (χ0) is 17.4. The fraction of sp³-hybridized carbons (Fsp3) is 0.211. The van der Waals surface area contributed by atoms with Gasteiger partial charge in [0.2, 0.25) is 0 Å². The van der Waals surface area contributed by atoms with E-state index in [-0.39, 0.29) is 17.5 Å². The average molecular weight is 373 g/mol. The first-order valence-corrected chi connectivity index (χ1v) is 10.0. The highest BCUT2D eigenvalue weighted by molar-refractivity contribution is 8.19. The molecule has 1 amide bonds. The number of nitrogens with one attached hydrogen (secondary N) is 1. The third-order valence-electron chi connectivity index (χ3n) is 4.14. The number of halogens is 1. The Labute approximate surface area is 153 Å². The Morgan fingerprint density at radius 1 is 1.20 bits per heavy atom. The van der Waals surface area contributed by atoms with Crippen LogP contribution in [-0.2, 0) is 0 Å². The van der Waals surface area contributed by atoms with Gasteiger partial charge in [0.25, 0.3) is 5.91 Å².